The normalized spacial score (nSPS) is 12.4. The highest BCUT2D eigenvalue weighted by Gasteiger charge is 2.13. The van der Waals surface area contributed by atoms with E-state index in [1.54, 1.807) is 17.1 Å². The molecule has 3 N–H and O–H groups in total. The Bertz CT molecular complexity index is 503. The lowest BCUT2D eigenvalue weighted by Gasteiger charge is -2.16. The van der Waals surface area contributed by atoms with Crippen LogP contribution in [0, 0.1) is 6.92 Å². The first kappa shape index (κ1) is 11.4. The van der Waals surface area contributed by atoms with Crippen molar-refractivity contribution in [2.75, 3.05) is 11.1 Å². The van der Waals surface area contributed by atoms with E-state index >= 15 is 0 Å². The van der Waals surface area contributed by atoms with E-state index < -0.39 is 0 Å². The standard InChI is InChI=1S/C12H17N5/c1-8(10-4-6-14-7-5-10)15-12-11(13)9(2)16-17(12)3/h4-8,15H,13H2,1-3H3. The zero-order chi connectivity index (χ0) is 12.4. The maximum atomic E-state index is 5.97. The van der Waals surface area contributed by atoms with Gasteiger partial charge in [0, 0.05) is 19.4 Å². The molecule has 2 heterocycles. The number of hydrogen-bond donors (Lipinski definition) is 2. The average molecular weight is 231 g/mol. The van der Waals surface area contributed by atoms with Gasteiger partial charge in [0.2, 0.25) is 0 Å². The summed E-state index contributed by atoms with van der Waals surface area (Å²) >= 11 is 0. The summed E-state index contributed by atoms with van der Waals surface area (Å²) in [6.07, 6.45) is 3.57. The number of hydrogen-bond acceptors (Lipinski definition) is 4. The molecule has 0 aromatic carbocycles. The molecule has 0 fully saturated rings. The smallest absolute Gasteiger partial charge is 0.148 e. The second-order valence-electron chi connectivity index (χ2n) is 4.12. The molecule has 5 heteroatoms. The Morgan fingerprint density at radius 3 is 2.53 bits per heavy atom. The summed E-state index contributed by atoms with van der Waals surface area (Å²) in [4.78, 5) is 4.00. The fourth-order valence-corrected chi connectivity index (χ4v) is 1.79. The van der Waals surface area contributed by atoms with Crippen LogP contribution in [-0.2, 0) is 7.05 Å². The number of aryl methyl sites for hydroxylation is 2. The van der Waals surface area contributed by atoms with Crippen LogP contribution in [0.1, 0.15) is 24.2 Å². The second-order valence-corrected chi connectivity index (χ2v) is 4.12. The molecule has 0 bridgehead atoms. The molecule has 2 aromatic rings. The third-order valence-electron chi connectivity index (χ3n) is 2.83. The number of anilines is 2. The highest BCUT2D eigenvalue weighted by atomic mass is 15.3. The Morgan fingerprint density at radius 1 is 1.35 bits per heavy atom. The summed E-state index contributed by atoms with van der Waals surface area (Å²) < 4.78 is 1.77. The van der Waals surface area contributed by atoms with Crippen molar-refractivity contribution in [3.8, 4) is 0 Å². The SMILES string of the molecule is Cc1nn(C)c(NC(C)c2ccncc2)c1N. The molecule has 0 radical (unpaired) electrons. The van der Waals surface area contributed by atoms with Gasteiger partial charge < -0.3 is 11.1 Å². The van der Waals surface area contributed by atoms with Gasteiger partial charge in [-0.05, 0) is 31.5 Å². The minimum Gasteiger partial charge on any atom is -0.394 e. The molecule has 0 spiro atoms. The summed E-state index contributed by atoms with van der Waals surface area (Å²) in [5.41, 5.74) is 8.68. The molecule has 1 unspecified atom stereocenters. The molecule has 0 saturated carbocycles. The van der Waals surface area contributed by atoms with E-state index in [1.165, 1.54) is 5.56 Å². The zero-order valence-electron chi connectivity index (χ0n) is 10.3. The lowest BCUT2D eigenvalue weighted by atomic mass is 10.1. The number of nitrogens with zero attached hydrogens (tertiary/aromatic N) is 3. The molecule has 5 nitrogen and oxygen atoms in total. The lowest BCUT2D eigenvalue weighted by molar-refractivity contribution is 0.742. The minimum atomic E-state index is 0.162. The molecule has 0 amide bonds. The van der Waals surface area contributed by atoms with Gasteiger partial charge in [0.15, 0.2) is 0 Å². The van der Waals surface area contributed by atoms with Gasteiger partial charge in [-0.2, -0.15) is 5.10 Å². The van der Waals surface area contributed by atoms with Gasteiger partial charge in [0.25, 0.3) is 0 Å². The molecule has 90 valence electrons. The molecule has 0 aliphatic carbocycles. The maximum absolute atomic E-state index is 5.97. The minimum absolute atomic E-state index is 0.162. The summed E-state index contributed by atoms with van der Waals surface area (Å²) in [6, 6.07) is 4.13. The Balaban J connectivity index is 2.22. The Kier molecular flexibility index (Phi) is 2.99. The fourth-order valence-electron chi connectivity index (χ4n) is 1.79. The number of nitrogen functional groups attached to an aromatic ring is 1. The van der Waals surface area contributed by atoms with Crippen LogP contribution in [0.4, 0.5) is 11.5 Å². The molecule has 2 aromatic heterocycles. The van der Waals surface area contributed by atoms with Crippen LogP contribution in [0.2, 0.25) is 0 Å². The lowest BCUT2D eigenvalue weighted by Crippen LogP contribution is -2.11. The largest absolute Gasteiger partial charge is 0.394 e. The van der Waals surface area contributed by atoms with Crippen molar-refractivity contribution in [2.45, 2.75) is 19.9 Å². The Hall–Kier alpha value is -2.04. The van der Waals surface area contributed by atoms with Crippen LogP contribution in [0.5, 0.6) is 0 Å². The molecular weight excluding hydrogens is 214 g/mol. The van der Waals surface area contributed by atoms with Crippen molar-refractivity contribution < 1.29 is 0 Å². The van der Waals surface area contributed by atoms with E-state index in [0.717, 1.165) is 11.5 Å². The van der Waals surface area contributed by atoms with Gasteiger partial charge in [-0.25, -0.2) is 0 Å². The molecule has 17 heavy (non-hydrogen) atoms. The maximum Gasteiger partial charge on any atom is 0.148 e. The van der Waals surface area contributed by atoms with Gasteiger partial charge in [-0.15, -0.1) is 0 Å². The van der Waals surface area contributed by atoms with Crippen LogP contribution < -0.4 is 11.1 Å². The van der Waals surface area contributed by atoms with E-state index in [0.29, 0.717) is 5.69 Å². The van der Waals surface area contributed by atoms with Crippen LogP contribution in [-0.4, -0.2) is 14.8 Å². The van der Waals surface area contributed by atoms with Gasteiger partial charge in [0.1, 0.15) is 5.82 Å². The van der Waals surface area contributed by atoms with Crippen molar-refractivity contribution in [1.29, 1.82) is 0 Å². The van der Waals surface area contributed by atoms with E-state index in [-0.39, 0.29) is 6.04 Å². The van der Waals surface area contributed by atoms with Gasteiger partial charge in [-0.3, -0.25) is 9.67 Å². The zero-order valence-corrected chi connectivity index (χ0v) is 10.3. The van der Waals surface area contributed by atoms with Crippen molar-refractivity contribution in [3.63, 3.8) is 0 Å². The quantitative estimate of drug-likeness (QED) is 0.846. The first-order valence-corrected chi connectivity index (χ1v) is 5.55. The summed E-state index contributed by atoms with van der Waals surface area (Å²) in [5, 5.41) is 7.64. The number of rotatable bonds is 3. The molecule has 2 rings (SSSR count). The Morgan fingerprint density at radius 2 is 2.00 bits per heavy atom. The molecular formula is C12H17N5. The summed E-state index contributed by atoms with van der Waals surface area (Å²) in [6.45, 7) is 3.98. The van der Waals surface area contributed by atoms with Crippen molar-refractivity contribution in [2.24, 2.45) is 7.05 Å². The average Bonchev–Trinajstić information content (AvgIpc) is 2.57. The van der Waals surface area contributed by atoms with Gasteiger partial charge >= 0.3 is 0 Å². The first-order valence-electron chi connectivity index (χ1n) is 5.55. The molecule has 1 atom stereocenters. The summed E-state index contributed by atoms with van der Waals surface area (Å²) in [7, 11) is 1.88. The monoisotopic (exact) mass is 231 g/mol. The summed E-state index contributed by atoms with van der Waals surface area (Å²) in [5.74, 6) is 0.854. The Labute approximate surface area is 101 Å². The first-order chi connectivity index (χ1) is 8.09. The number of nitrogens with one attached hydrogen (secondary N) is 1. The highest BCUT2D eigenvalue weighted by Crippen LogP contribution is 2.25. The predicted octanol–water partition coefficient (Wildman–Crippen LogP) is 1.88. The second kappa shape index (κ2) is 4.45. The van der Waals surface area contributed by atoms with Gasteiger partial charge in [-0.1, -0.05) is 0 Å². The van der Waals surface area contributed by atoms with E-state index in [4.69, 9.17) is 5.73 Å². The van der Waals surface area contributed by atoms with E-state index in [9.17, 15) is 0 Å². The fraction of sp³-hybridized carbons (Fsp3) is 0.333. The molecule has 0 saturated heterocycles. The van der Waals surface area contributed by atoms with Crippen molar-refractivity contribution in [3.05, 3.63) is 35.8 Å². The van der Waals surface area contributed by atoms with E-state index in [2.05, 4.69) is 22.3 Å². The van der Waals surface area contributed by atoms with Gasteiger partial charge in [0.05, 0.1) is 17.4 Å². The molecule has 0 aliphatic heterocycles. The van der Waals surface area contributed by atoms with E-state index in [1.807, 2.05) is 26.1 Å². The third-order valence-corrected chi connectivity index (χ3v) is 2.83. The number of pyridine rings is 1. The van der Waals surface area contributed by atoms with Crippen LogP contribution in [0.15, 0.2) is 24.5 Å². The van der Waals surface area contributed by atoms with Crippen molar-refractivity contribution in [1.82, 2.24) is 14.8 Å². The third kappa shape index (κ3) is 2.22. The number of aromatic nitrogens is 3. The van der Waals surface area contributed by atoms with Crippen LogP contribution in [0.3, 0.4) is 0 Å². The van der Waals surface area contributed by atoms with Crippen LogP contribution >= 0.6 is 0 Å². The highest BCUT2D eigenvalue weighted by molar-refractivity contribution is 5.65. The van der Waals surface area contributed by atoms with Crippen molar-refractivity contribution >= 4 is 11.5 Å². The topological polar surface area (TPSA) is 68.8 Å². The predicted molar refractivity (Wildman–Crippen MR) is 68.6 cm³/mol. The molecule has 0 aliphatic rings. The van der Waals surface area contributed by atoms with Crippen LogP contribution in [0.25, 0.3) is 0 Å². The number of nitrogens with two attached hydrogens (primary N) is 1.